The number of benzene rings is 1. The average molecular weight is 304 g/mol. The van der Waals surface area contributed by atoms with Gasteiger partial charge in [0.25, 0.3) is 5.91 Å². The molecule has 0 bridgehead atoms. The van der Waals surface area contributed by atoms with Crippen LogP contribution in [0.4, 0.5) is 0 Å². The highest BCUT2D eigenvalue weighted by atomic mass is 35.5. The molecule has 0 spiro atoms. The zero-order valence-corrected chi connectivity index (χ0v) is 12.2. The van der Waals surface area contributed by atoms with Crippen LogP contribution in [0.15, 0.2) is 36.9 Å². The maximum absolute atomic E-state index is 12.3. The Hall–Kier alpha value is -2.34. The fraction of sp³-hybridized carbons (Fsp3) is 0.214. The van der Waals surface area contributed by atoms with Crippen LogP contribution in [0.25, 0.3) is 10.9 Å². The van der Waals surface area contributed by atoms with Gasteiger partial charge in [0.15, 0.2) is 0 Å². The molecule has 0 unspecified atom stereocenters. The first kappa shape index (κ1) is 13.6. The largest absolute Gasteiger partial charge is 0.349 e. The van der Waals surface area contributed by atoms with Gasteiger partial charge >= 0.3 is 0 Å². The first-order valence-electron chi connectivity index (χ1n) is 6.51. The second-order valence-corrected chi connectivity index (χ2v) is 5.09. The minimum absolute atomic E-state index is 0.134. The van der Waals surface area contributed by atoms with Crippen LogP contribution >= 0.6 is 11.6 Å². The standard InChI is InChI=1S/C14H14ClN5O/c1-19-12(7-10-3-2-4-11(15)13(10)19)14(21)17-5-6-20-9-16-8-18-20/h2-4,7-9H,5-6H2,1H3,(H,17,21). The molecule has 0 aliphatic heterocycles. The van der Waals surface area contributed by atoms with Gasteiger partial charge < -0.3 is 9.88 Å². The third-order valence-electron chi connectivity index (χ3n) is 3.33. The van der Waals surface area contributed by atoms with Gasteiger partial charge in [-0.15, -0.1) is 0 Å². The summed E-state index contributed by atoms with van der Waals surface area (Å²) in [5.74, 6) is -0.134. The number of fused-ring (bicyclic) bond motifs is 1. The number of aromatic nitrogens is 4. The number of carbonyl (C=O) groups is 1. The third kappa shape index (κ3) is 2.62. The van der Waals surface area contributed by atoms with Crippen molar-refractivity contribution in [3.8, 4) is 0 Å². The molecule has 108 valence electrons. The van der Waals surface area contributed by atoms with Gasteiger partial charge in [-0.05, 0) is 12.1 Å². The number of carbonyl (C=O) groups excluding carboxylic acids is 1. The molecule has 7 heteroatoms. The van der Waals surface area contributed by atoms with Crippen LogP contribution in [0.2, 0.25) is 5.02 Å². The fourth-order valence-electron chi connectivity index (χ4n) is 2.31. The minimum atomic E-state index is -0.134. The summed E-state index contributed by atoms with van der Waals surface area (Å²) < 4.78 is 3.47. The van der Waals surface area contributed by atoms with E-state index in [4.69, 9.17) is 11.6 Å². The van der Waals surface area contributed by atoms with E-state index in [9.17, 15) is 4.79 Å². The average Bonchev–Trinajstić information content (AvgIpc) is 3.08. The molecule has 0 radical (unpaired) electrons. The number of para-hydroxylation sites is 1. The Morgan fingerprint density at radius 1 is 1.43 bits per heavy atom. The van der Waals surface area contributed by atoms with Crippen LogP contribution in [-0.2, 0) is 13.6 Å². The van der Waals surface area contributed by atoms with Crippen LogP contribution in [0, 0.1) is 0 Å². The van der Waals surface area contributed by atoms with Crippen molar-refractivity contribution in [1.29, 1.82) is 0 Å². The lowest BCUT2D eigenvalue weighted by molar-refractivity contribution is 0.0944. The van der Waals surface area contributed by atoms with Gasteiger partial charge in [0.2, 0.25) is 0 Å². The van der Waals surface area contributed by atoms with E-state index in [1.165, 1.54) is 6.33 Å². The predicted molar refractivity (Wildman–Crippen MR) is 80.3 cm³/mol. The Bertz CT molecular complexity index is 778. The summed E-state index contributed by atoms with van der Waals surface area (Å²) in [6.07, 6.45) is 3.08. The van der Waals surface area contributed by atoms with E-state index in [1.807, 2.05) is 35.9 Å². The molecule has 0 fully saturated rings. The minimum Gasteiger partial charge on any atom is -0.349 e. The molecule has 2 heterocycles. The fourth-order valence-corrected chi connectivity index (χ4v) is 2.62. The number of amides is 1. The number of nitrogens with one attached hydrogen (secondary N) is 1. The molecule has 0 saturated carbocycles. The van der Waals surface area contributed by atoms with Crippen LogP contribution in [0.5, 0.6) is 0 Å². The molecule has 3 aromatic rings. The first-order chi connectivity index (χ1) is 10.2. The van der Waals surface area contributed by atoms with Gasteiger partial charge in [0.1, 0.15) is 18.3 Å². The molecule has 6 nitrogen and oxygen atoms in total. The van der Waals surface area contributed by atoms with E-state index in [0.29, 0.717) is 23.8 Å². The van der Waals surface area contributed by atoms with E-state index in [1.54, 1.807) is 11.0 Å². The van der Waals surface area contributed by atoms with Crippen molar-refractivity contribution in [2.45, 2.75) is 6.54 Å². The molecular formula is C14H14ClN5O. The molecule has 0 atom stereocenters. The van der Waals surface area contributed by atoms with Crippen molar-refractivity contribution in [2.75, 3.05) is 6.54 Å². The predicted octanol–water partition coefficient (Wildman–Crippen LogP) is 1.85. The summed E-state index contributed by atoms with van der Waals surface area (Å²) in [6.45, 7) is 1.06. The van der Waals surface area contributed by atoms with Crippen molar-refractivity contribution < 1.29 is 4.79 Å². The number of aryl methyl sites for hydroxylation is 1. The number of hydrogen-bond donors (Lipinski definition) is 1. The molecule has 1 aromatic carbocycles. The molecule has 0 saturated heterocycles. The summed E-state index contributed by atoms with van der Waals surface area (Å²) in [5, 5.41) is 8.43. The van der Waals surface area contributed by atoms with Crippen molar-refractivity contribution in [2.24, 2.45) is 7.05 Å². The van der Waals surface area contributed by atoms with Gasteiger partial charge in [-0.1, -0.05) is 23.7 Å². The van der Waals surface area contributed by atoms with Crippen molar-refractivity contribution in [3.05, 3.63) is 47.6 Å². The smallest absolute Gasteiger partial charge is 0.267 e. The number of rotatable bonds is 4. The van der Waals surface area contributed by atoms with Crippen LogP contribution in [-0.4, -0.2) is 31.8 Å². The van der Waals surface area contributed by atoms with Gasteiger partial charge in [0, 0.05) is 19.0 Å². The van der Waals surface area contributed by atoms with Crippen molar-refractivity contribution in [3.63, 3.8) is 0 Å². The summed E-state index contributed by atoms with van der Waals surface area (Å²) in [7, 11) is 1.83. The quantitative estimate of drug-likeness (QED) is 0.800. The molecule has 0 aliphatic carbocycles. The highest BCUT2D eigenvalue weighted by Gasteiger charge is 2.14. The Morgan fingerprint density at radius 3 is 3.00 bits per heavy atom. The van der Waals surface area contributed by atoms with Gasteiger partial charge in [0.05, 0.1) is 17.1 Å². The zero-order valence-electron chi connectivity index (χ0n) is 11.5. The highest BCUT2D eigenvalue weighted by molar-refractivity contribution is 6.35. The van der Waals surface area contributed by atoms with E-state index in [0.717, 1.165) is 10.9 Å². The molecular weight excluding hydrogens is 290 g/mol. The molecule has 0 aliphatic rings. The summed E-state index contributed by atoms with van der Waals surface area (Å²) in [4.78, 5) is 16.1. The van der Waals surface area contributed by atoms with E-state index in [-0.39, 0.29) is 5.91 Å². The van der Waals surface area contributed by atoms with Crippen LogP contribution in [0.3, 0.4) is 0 Å². The Morgan fingerprint density at radius 2 is 2.29 bits per heavy atom. The van der Waals surface area contributed by atoms with E-state index >= 15 is 0 Å². The Kier molecular flexibility index (Phi) is 3.62. The van der Waals surface area contributed by atoms with Crippen molar-refractivity contribution >= 4 is 28.4 Å². The molecule has 2 aromatic heterocycles. The molecule has 1 amide bonds. The second kappa shape index (κ2) is 5.57. The lowest BCUT2D eigenvalue weighted by atomic mass is 10.2. The maximum Gasteiger partial charge on any atom is 0.267 e. The number of nitrogens with zero attached hydrogens (tertiary/aromatic N) is 4. The summed E-state index contributed by atoms with van der Waals surface area (Å²) >= 11 is 6.18. The maximum atomic E-state index is 12.3. The third-order valence-corrected chi connectivity index (χ3v) is 3.64. The van der Waals surface area contributed by atoms with Crippen LogP contribution in [0.1, 0.15) is 10.5 Å². The lowest BCUT2D eigenvalue weighted by Crippen LogP contribution is -2.28. The summed E-state index contributed by atoms with van der Waals surface area (Å²) in [5.41, 5.74) is 1.44. The first-order valence-corrected chi connectivity index (χ1v) is 6.89. The zero-order chi connectivity index (χ0) is 14.8. The van der Waals surface area contributed by atoms with E-state index in [2.05, 4.69) is 15.4 Å². The lowest BCUT2D eigenvalue weighted by Gasteiger charge is -2.07. The summed E-state index contributed by atoms with van der Waals surface area (Å²) in [6, 6.07) is 7.47. The SMILES string of the molecule is Cn1c(C(=O)NCCn2cncn2)cc2cccc(Cl)c21. The normalized spacial score (nSPS) is 11.0. The van der Waals surface area contributed by atoms with Gasteiger partial charge in [-0.25, -0.2) is 4.98 Å². The Labute approximate surface area is 126 Å². The molecule has 1 N–H and O–H groups in total. The molecule has 21 heavy (non-hydrogen) atoms. The topological polar surface area (TPSA) is 64.7 Å². The second-order valence-electron chi connectivity index (χ2n) is 4.68. The number of halogens is 1. The van der Waals surface area contributed by atoms with Crippen molar-refractivity contribution in [1.82, 2.24) is 24.6 Å². The molecule has 3 rings (SSSR count). The van der Waals surface area contributed by atoms with Crippen LogP contribution < -0.4 is 5.32 Å². The monoisotopic (exact) mass is 303 g/mol. The number of hydrogen-bond acceptors (Lipinski definition) is 3. The van der Waals surface area contributed by atoms with Gasteiger partial charge in [-0.3, -0.25) is 9.48 Å². The Balaban J connectivity index is 1.75. The van der Waals surface area contributed by atoms with Gasteiger partial charge in [-0.2, -0.15) is 5.10 Å². The highest BCUT2D eigenvalue weighted by Crippen LogP contribution is 2.25. The van der Waals surface area contributed by atoms with E-state index < -0.39 is 0 Å².